The van der Waals surface area contributed by atoms with Gasteiger partial charge in [-0.1, -0.05) is 185 Å². The number of carbonyl (C=O) groups excluding carboxylic acids is 2. The highest BCUT2D eigenvalue weighted by Crippen LogP contribution is 2.24. The van der Waals surface area contributed by atoms with E-state index in [1.54, 1.807) is 0 Å². The quantitative estimate of drug-likeness (QED) is 0.0553. The lowest BCUT2D eigenvalue weighted by atomic mass is 9.91. The molecule has 0 heterocycles. The fourth-order valence-corrected chi connectivity index (χ4v) is 6.79. The minimum absolute atomic E-state index is 0.159. The van der Waals surface area contributed by atoms with Gasteiger partial charge in [-0.05, 0) is 47.3 Å². The Morgan fingerprint density at radius 2 is 0.565 bits per heavy atom. The van der Waals surface area contributed by atoms with E-state index in [0.717, 1.165) is 48.3 Å². The van der Waals surface area contributed by atoms with E-state index in [1.807, 2.05) is 0 Å². The molecule has 274 valence electrons. The Morgan fingerprint density at radius 3 is 0.804 bits per heavy atom. The fourth-order valence-electron chi connectivity index (χ4n) is 6.79. The van der Waals surface area contributed by atoms with E-state index in [0.29, 0.717) is 24.7 Å². The van der Waals surface area contributed by atoms with Crippen molar-refractivity contribution >= 4 is 11.9 Å². The molecule has 6 atom stereocenters. The molecular formula is C42H82O4. The summed E-state index contributed by atoms with van der Waals surface area (Å²) in [5.41, 5.74) is 0. The average molecular weight is 651 g/mol. The van der Waals surface area contributed by atoms with E-state index in [1.165, 1.54) is 103 Å². The second kappa shape index (κ2) is 28.9. The smallest absolute Gasteiger partial charge is 0.306 e. The van der Waals surface area contributed by atoms with Gasteiger partial charge in [0.2, 0.25) is 0 Å². The van der Waals surface area contributed by atoms with Gasteiger partial charge in [0.15, 0.2) is 0 Å². The molecule has 0 aromatic heterocycles. The molecule has 0 aromatic rings. The summed E-state index contributed by atoms with van der Waals surface area (Å²) in [6.45, 7) is 23.5. The highest BCUT2D eigenvalue weighted by Gasteiger charge is 2.14. The first-order valence-electron chi connectivity index (χ1n) is 20.1. The van der Waals surface area contributed by atoms with Gasteiger partial charge in [-0.25, -0.2) is 0 Å². The van der Waals surface area contributed by atoms with Gasteiger partial charge in [-0.2, -0.15) is 0 Å². The third-order valence-corrected chi connectivity index (χ3v) is 10.2. The van der Waals surface area contributed by atoms with Crippen LogP contribution in [0.3, 0.4) is 0 Å². The Morgan fingerprint density at radius 1 is 0.348 bits per heavy atom. The van der Waals surface area contributed by atoms with Crippen LogP contribution < -0.4 is 0 Å². The zero-order chi connectivity index (χ0) is 34.7. The van der Waals surface area contributed by atoms with Gasteiger partial charge < -0.3 is 9.47 Å². The number of ether oxygens (including phenoxy) is 2. The molecule has 0 aliphatic rings. The highest BCUT2D eigenvalue weighted by atomic mass is 16.6. The molecule has 0 saturated carbocycles. The largest absolute Gasteiger partial charge is 0.462 e. The average Bonchev–Trinajstić information content (AvgIpc) is 2.95. The maximum atomic E-state index is 12.3. The van der Waals surface area contributed by atoms with Crippen LogP contribution >= 0.6 is 0 Å². The molecule has 0 aliphatic carbocycles. The van der Waals surface area contributed by atoms with Crippen molar-refractivity contribution in [1.29, 1.82) is 0 Å². The molecule has 0 amide bonds. The van der Waals surface area contributed by atoms with E-state index < -0.39 is 0 Å². The van der Waals surface area contributed by atoms with Gasteiger partial charge in [0.05, 0.1) is 0 Å². The third-order valence-electron chi connectivity index (χ3n) is 10.2. The maximum absolute atomic E-state index is 12.3. The SMILES string of the molecule is CC(C)CCCC(C)CCCC(C)CCCC(C)CC(=O)OCCOC(=O)CC(C)CCCC(C)CCCC(C)CCCC(C)C. The van der Waals surface area contributed by atoms with Crippen molar-refractivity contribution in [3.8, 4) is 0 Å². The Balaban J connectivity index is 3.79. The van der Waals surface area contributed by atoms with Crippen LogP contribution in [0.4, 0.5) is 0 Å². The van der Waals surface area contributed by atoms with Gasteiger partial charge in [0.1, 0.15) is 13.2 Å². The number of hydrogen-bond donors (Lipinski definition) is 0. The lowest BCUT2D eigenvalue weighted by molar-refractivity contribution is -0.153. The topological polar surface area (TPSA) is 52.6 Å². The second-order valence-electron chi connectivity index (χ2n) is 16.9. The molecule has 0 saturated heterocycles. The Bertz CT molecular complexity index is 656. The van der Waals surface area contributed by atoms with E-state index in [2.05, 4.69) is 69.2 Å². The summed E-state index contributed by atoms with van der Waals surface area (Å²) in [7, 11) is 0. The van der Waals surface area contributed by atoms with Crippen molar-refractivity contribution in [3.05, 3.63) is 0 Å². The normalized spacial score (nSPS) is 15.8. The van der Waals surface area contributed by atoms with Crippen molar-refractivity contribution < 1.29 is 19.1 Å². The van der Waals surface area contributed by atoms with Gasteiger partial charge in [0.25, 0.3) is 0 Å². The molecule has 46 heavy (non-hydrogen) atoms. The van der Waals surface area contributed by atoms with Crippen LogP contribution in [0.5, 0.6) is 0 Å². The Kier molecular flexibility index (Phi) is 28.2. The van der Waals surface area contributed by atoms with E-state index in [-0.39, 0.29) is 25.2 Å². The van der Waals surface area contributed by atoms with Crippen LogP contribution in [-0.2, 0) is 19.1 Å². The number of rotatable bonds is 31. The Labute approximate surface area is 288 Å². The fraction of sp³-hybridized carbons (Fsp3) is 0.952. The summed E-state index contributed by atoms with van der Waals surface area (Å²) < 4.78 is 10.7. The maximum Gasteiger partial charge on any atom is 0.306 e. The number of hydrogen-bond acceptors (Lipinski definition) is 4. The molecule has 0 radical (unpaired) electrons. The lowest BCUT2D eigenvalue weighted by Crippen LogP contribution is -2.17. The molecule has 0 bridgehead atoms. The number of carbonyl (C=O) groups is 2. The Hall–Kier alpha value is -1.06. The van der Waals surface area contributed by atoms with Crippen LogP contribution in [0.15, 0.2) is 0 Å². The summed E-state index contributed by atoms with van der Waals surface area (Å²) in [5.74, 6) is 5.19. The molecular weight excluding hydrogens is 568 g/mol. The first-order valence-corrected chi connectivity index (χ1v) is 20.1. The molecule has 4 nitrogen and oxygen atoms in total. The molecule has 0 rings (SSSR count). The standard InChI is InChI=1S/C42H82O4/c1-33(2)17-11-19-35(5)21-13-23-37(7)25-15-27-39(9)31-41(43)45-29-30-46-42(44)32-40(10)28-16-26-38(8)24-14-22-36(6)20-12-18-34(3)4/h33-40H,11-32H2,1-10H3. The monoisotopic (exact) mass is 651 g/mol. The van der Waals surface area contributed by atoms with E-state index in [9.17, 15) is 9.59 Å². The van der Waals surface area contributed by atoms with Gasteiger partial charge in [0, 0.05) is 12.8 Å². The molecule has 4 heteroatoms. The summed E-state index contributed by atoms with van der Waals surface area (Å²) in [5, 5.41) is 0. The van der Waals surface area contributed by atoms with Crippen LogP contribution in [0.2, 0.25) is 0 Å². The summed E-state index contributed by atoms with van der Waals surface area (Å²) >= 11 is 0. The zero-order valence-electron chi connectivity index (χ0n) is 32.8. The zero-order valence-corrected chi connectivity index (χ0v) is 32.8. The van der Waals surface area contributed by atoms with Crippen LogP contribution in [0.25, 0.3) is 0 Å². The van der Waals surface area contributed by atoms with Crippen molar-refractivity contribution in [2.45, 2.75) is 198 Å². The predicted octanol–water partition coefficient (Wildman–Crippen LogP) is 13.0. The second-order valence-corrected chi connectivity index (χ2v) is 16.9. The van der Waals surface area contributed by atoms with Crippen LogP contribution in [-0.4, -0.2) is 25.2 Å². The van der Waals surface area contributed by atoms with Crippen LogP contribution in [0, 0.1) is 47.3 Å². The summed E-state index contributed by atoms with van der Waals surface area (Å²) in [4.78, 5) is 24.5. The van der Waals surface area contributed by atoms with Crippen molar-refractivity contribution in [2.75, 3.05) is 13.2 Å². The number of esters is 2. The summed E-state index contributed by atoms with van der Waals surface area (Å²) in [6.07, 6.45) is 24.1. The molecule has 0 fully saturated rings. The first kappa shape index (κ1) is 44.9. The third kappa shape index (κ3) is 30.3. The van der Waals surface area contributed by atoms with Gasteiger partial charge >= 0.3 is 11.9 Å². The first-order chi connectivity index (χ1) is 21.8. The van der Waals surface area contributed by atoms with E-state index >= 15 is 0 Å². The van der Waals surface area contributed by atoms with Gasteiger partial charge in [-0.15, -0.1) is 0 Å². The minimum Gasteiger partial charge on any atom is -0.462 e. The molecule has 0 aromatic carbocycles. The lowest BCUT2D eigenvalue weighted by Gasteiger charge is -2.16. The summed E-state index contributed by atoms with van der Waals surface area (Å²) in [6, 6.07) is 0. The molecule has 0 N–H and O–H groups in total. The van der Waals surface area contributed by atoms with Gasteiger partial charge in [-0.3, -0.25) is 9.59 Å². The molecule has 0 aliphatic heterocycles. The minimum atomic E-state index is -0.175. The molecule has 0 spiro atoms. The van der Waals surface area contributed by atoms with Crippen molar-refractivity contribution in [1.82, 2.24) is 0 Å². The van der Waals surface area contributed by atoms with Crippen LogP contribution in [0.1, 0.15) is 198 Å². The highest BCUT2D eigenvalue weighted by molar-refractivity contribution is 5.70. The van der Waals surface area contributed by atoms with Crippen molar-refractivity contribution in [2.24, 2.45) is 47.3 Å². The molecule has 6 unspecified atom stereocenters. The predicted molar refractivity (Wildman–Crippen MR) is 199 cm³/mol. The van der Waals surface area contributed by atoms with Crippen molar-refractivity contribution in [3.63, 3.8) is 0 Å². The van der Waals surface area contributed by atoms with E-state index in [4.69, 9.17) is 9.47 Å².